The molecule has 0 saturated carbocycles. The van der Waals surface area contributed by atoms with E-state index in [0.29, 0.717) is 30.7 Å². The summed E-state index contributed by atoms with van der Waals surface area (Å²) in [6, 6.07) is 7.36. The minimum Gasteiger partial charge on any atom is -0.450 e. The molecule has 0 saturated heterocycles. The van der Waals surface area contributed by atoms with Crippen LogP contribution in [0.5, 0.6) is 0 Å². The zero-order chi connectivity index (χ0) is 17.5. The number of carbonyl (C=O) groups is 2. The minimum absolute atomic E-state index is 0.134. The topological polar surface area (TPSA) is 77.8 Å². The van der Waals surface area contributed by atoms with Gasteiger partial charge in [-0.1, -0.05) is 18.2 Å². The Kier molecular flexibility index (Phi) is 6.37. The second kappa shape index (κ2) is 8.49. The van der Waals surface area contributed by atoms with Gasteiger partial charge in [-0.2, -0.15) is 0 Å². The van der Waals surface area contributed by atoms with Crippen LogP contribution in [-0.4, -0.2) is 37.7 Å². The van der Waals surface area contributed by atoms with Crippen molar-refractivity contribution >= 4 is 22.8 Å². The lowest BCUT2D eigenvalue weighted by atomic mass is 10.1. The number of fused-ring (bicyclic) bond motifs is 1. The second-order valence-electron chi connectivity index (χ2n) is 5.75. The number of ether oxygens (including phenoxy) is 2. The van der Waals surface area contributed by atoms with Crippen molar-refractivity contribution < 1.29 is 23.5 Å². The number of esters is 1. The van der Waals surface area contributed by atoms with Crippen molar-refractivity contribution in [1.29, 1.82) is 0 Å². The first-order valence-electron chi connectivity index (χ1n) is 8.02. The van der Waals surface area contributed by atoms with Crippen LogP contribution in [0.3, 0.4) is 0 Å². The Morgan fingerprint density at radius 2 is 2.00 bits per heavy atom. The van der Waals surface area contributed by atoms with Crippen molar-refractivity contribution in [1.82, 2.24) is 5.32 Å². The molecule has 0 atom stereocenters. The number of amides is 1. The number of hydrogen-bond acceptors (Lipinski definition) is 5. The number of furan rings is 1. The van der Waals surface area contributed by atoms with Gasteiger partial charge in [0.05, 0.1) is 6.10 Å². The van der Waals surface area contributed by atoms with E-state index in [4.69, 9.17) is 13.9 Å². The minimum atomic E-state index is -0.637. The zero-order valence-corrected chi connectivity index (χ0v) is 14.3. The maximum atomic E-state index is 12.1. The molecule has 0 aliphatic rings. The Balaban J connectivity index is 1.78. The molecule has 0 aliphatic carbocycles. The first kappa shape index (κ1) is 18.0. The SMILES string of the molecule is Cc1c(C(=O)OCC(=O)NCCCOC(C)C)oc2ccccc12. The number of para-hydroxylation sites is 1. The van der Waals surface area contributed by atoms with Crippen LogP contribution >= 0.6 is 0 Å². The molecule has 1 amide bonds. The average molecular weight is 333 g/mol. The molecule has 1 aromatic heterocycles. The summed E-state index contributed by atoms with van der Waals surface area (Å²) in [6.07, 6.45) is 0.884. The molecular formula is C18H23NO5. The van der Waals surface area contributed by atoms with E-state index in [2.05, 4.69) is 5.32 Å². The van der Waals surface area contributed by atoms with Crippen LogP contribution in [-0.2, 0) is 14.3 Å². The molecule has 24 heavy (non-hydrogen) atoms. The van der Waals surface area contributed by atoms with Crippen molar-refractivity contribution in [2.45, 2.75) is 33.3 Å². The number of nitrogens with one attached hydrogen (secondary N) is 1. The van der Waals surface area contributed by atoms with E-state index in [1.807, 2.05) is 32.0 Å². The van der Waals surface area contributed by atoms with Crippen LogP contribution in [0.4, 0.5) is 0 Å². The van der Waals surface area contributed by atoms with Gasteiger partial charge in [0.1, 0.15) is 5.58 Å². The van der Waals surface area contributed by atoms with Crippen molar-refractivity contribution in [2.75, 3.05) is 19.8 Å². The van der Waals surface area contributed by atoms with Crippen molar-refractivity contribution in [3.8, 4) is 0 Å². The smallest absolute Gasteiger partial charge is 0.375 e. The summed E-state index contributed by atoms with van der Waals surface area (Å²) < 4.78 is 15.9. The molecule has 0 unspecified atom stereocenters. The number of benzene rings is 1. The maximum absolute atomic E-state index is 12.1. The van der Waals surface area contributed by atoms with Gasteiger partial charge in [0.25, 0.3) is 5.91 Å². The van der Waals surface area contributed by atoms with E-state index in [-0.39, 0.29) is 24.4 Å². The molecule has 0 radical (unpaired) electrons. The predicted molar refractivity (Wildman–Crippen MR) is 89.9 cm³/mol. The molecule has 1 aromatic carbocycles. The lowest BCUT2D eigenvalue weighted by Gasteiger charge is -2.08. The third-order valence-electron chi connectivity index (χ3n) is 3.46. The monoisotopic (exact) mass is 333 g/mol. The zero-order valence-electron chi connectivity index (χ0n) is 14.3. The maximum Gasteiger partial charge on any atom is 0.375 e. The summed E-state index contributed by atoms with van der Waals surface area (Å²) >= 11 is 0. The van der Waals surface area contributed by atoms with E-state index in [1.54, 1.807) is 13.0 Å². The molecule has 0 fully saturated rings. The van der Waals surface area contributed by atoms with Gasteiger partial charge in [-0.3, -0.25) is 4.79 Å². The Morgan fingerprint density at radius 3 is 2.71 bits per heavy atom. The standard InChI is InChI=1S/C18H23NO5/c1-12(2)22-10-6-9-19-16(20)11-23-18(21)17-13(3)14-7-4-5-8-15(14)24-17/h4-5,7-8,12H,6,9-11H2,1-3H3,(H,19,20). The van der Waals surface area contributed by atoms with Gasteiger partial charge in [-0.25, -0.2) is 4.79 Å². The highest BCUT2D eigenvalue weighted by atomic mass is 16.5. The molecule has 0 aliphatic heterocycles. The summed E-state index contributed by atoms with van der Waals surface area (Å²) in [5.74, 6) is -0.849. The fourth-order valence-electron chi connectivity index (χ4n) is 2.24. The third kappa shape index (κ3) is 4.83. The largest absolute Gasteiger partial charge is 0.450 e. The van der Waals surface area contributed by atoms with E-state index in [0.717, 1.165) is 5.39 Å². The Labute approximate surface area is 141 Å². The van der Waals surface area contributed by atoms with Crippen molar-refractivity contribution in [3.63, 3.8) is 0 Å². The van der Waals surface area contributed by atoms with Crippen LogP contribution in [0, 0.1) is 6.92 Å². The van der Waals surface area contributed by atoms with Crippen LogP contribution < -0.4 is 5.32 Å². The summed E-state index contributed by atoms with van der Waals surface area (Å²) in [4.78, 5) is 23.7. The first-order chi connectivity index (χ1) is 11.5. The van der Waals surface area contributed by atoms with Crippen LogP contribution in [0.2, 0.25) is 0 Å². The van der Waals surface area contributed by atoms with Gasteiger partial charge < -0.3 is 19.2 Å². The van der Waals surface area contributed by atoms with Crippen LogP contribution in [0.15, 0.2) is 28.7 Å². The molecular weight excluding hydrogens is 310 g/mol. The van der Waals surface area contributed by atoms with Crippen LogP contribution in [0.1, 0.15) is 36.4 Å². The highest BCUT2D eigenvalue weighted by Crippen LogP contribution is 2.25. The Hall–Kier alpha value is -2.34. The molecule has 130 valence electrons. The summed E-state index contributed by atoms with van der Waals surface area (Å²) in [5.41, 5.74) is 1.33. The highest BCUT2D eigenvalue weighted by molar-refractivity contribution is 5.96. The van der Waals surface area contributed by atoms with E-state index < -0.39 is 5.97 Å². The van der Waals surface area contributed by atoms with E-state index in [9.17, 15) is 9.59 Å². The molecule has 1 heterocycles. The number of rotatable bonds is 8. The molecule has 1 N–H and O–H groups in total. The Morgan fingerprint density at radius 1 is 1.25 bits per heavy atom. The van der Waals surface area contributed by atoms with Gasteiger partial charge in [0.15, 0.2) is 6.61 Å². The Bertz CT molecular complexity index is 704. The summed E-state index contributed by atoms with van der Waals surface area (Å²) in [5, 5.41) is 3.54. The van der Waals surface area contributed by atoms with Gasteiger partial charge in [0.2, 0.25) is 5.76 Å². The van der Waals surface area contributed by atoms with Crippen LogP contribution in [0.25, 0.3) is 11.0 Å². The number of aryl methyl sites for hydroxylation is 1. The molecule has 2 aromatic rings. The van der Waals surface area contributed by atoms with Gasteiger partial charge in [-0.15, -0.1) is 0 Å². The normalized spacial score (nSPS) is 11.0. The van der Waals surface area contributed by atoms with Gasteiger partial charge in [0, 0.05) is 24.1 Å². The predicted octanol–water partition coefficient (Wildman–Crippen LogP) is 2.83. The van der Waals surface area contributed by atoms with Gasteiger partial charge in [-0.05, 0) is 33.3 Å². The molecule has 6 heteroatoms. The fourth-order valence-corrected chi connectivity index (χ4v) is 2.24. The molecule has 6 nitrogen and oxygen atoms in total. The van der Waals surface area contributed by atoms with Gasteiger partial charge >= 0.3 is 5.97 Å². The molecule has 0 spiro atoms. The van der Waals surface area contributed by atoms with E-state index in [1.165, 1.54) is 0 Å². The number of hydrogen-bond donors (Lipinski definition) is 1. The molecule has 2 rings (SSSR count). The summed E-state index contributed by atoms with van der Waals surface area (Å²) in [6.45, 7) is 6.43. The average Bonchev–Trinajstić information content (AvgIpc) is 2.89. The first-order valence-corrected chi connectivity index (χ1v) is 8.02. The second-order valence-corrected chi connectivity index (χ2v) is 5.75. The lowest BCUT2D eigenvalue weighted by Crippen LogP contribution is -2.30. The highest BCUT2D eigenvalue weighted by Gasteiger charge is 2.19. The quantitative estimate of drug-likeness (QED) is 0.594. The summed E-state index contributed by atoms with van der Waals surface area (Å²) in [7, 11) is 0. The van der Waals surface area contributed by atoms with Crippen molar-refractivity contribution in [3.05, 3.63) is 35.6 Å². The van der Waals surface area contributed by atoms with E-state index >= 15 is 0 Å². The lowest BCUT2D eigenvalue weighted by molar-refractivity contribution is -0.124. The third-order valence-corrected chi connectivity index (χ3v) is 3.46. The fraction of sp³-hybridized carbons (Fsp3) is 0.444. The number of carbonyl (C=O) groups excluding carboxylic acids is 2. The van der Waals surface area contributed by atoms with Crippen molar-refractivity contribution in [2.24, 2.45) is 0 Å². The molecule has 0 bridgehead atoms.